The highest BCUT2D eigenvalue weighted by Gasteiger charge is 2.34. The Labute approximate surface area is 149 Å². The van der Waals surface area contributed by atoms with Gasteiger partial charge in [0.1, 0.15) is 6.04 Å². The zero-order valence-electron chi connectivity index (χ0n) is 13.8. The number of hydrogen-bond donors (Lipinski definition) is 1. The summed E-state index contributed by atoms with van der Waals surface area (Å²) in [4.78, 5) is 28.6. The zero-order chi connectivity index (χ0) is 17.2. The molecule has 0 saturated carbocycles. The molecular weight excluding hydrogens is 336 g/mol. The van der Waals surface area contributed by atoms with Crippen LogP contribution >= 0.6 is 11.3 Å². The molecule has 4 heterocycles. The van der Waals surface area contributed by atoms with Crippen molar-refractivity contribution >= 4 is 17.2 Å². The molecule has 0 spiro atoms. The second-order valence-corrected chi connectivity index (χ2v) is 7.07. The summed E-state index contributed by atoms with van der Waals surface area (Å²) in [5, 5.41) is 0. The second kappa shape index (κ2) is 6.78. The number of ether oxygens (including phenoxy) is 1. The molecule has 1 N–H and O–H groups in total. The highest BCUT2D eigenvalue weighted by molar-refractivity contribution is 7.14. The standard InChI is InChI=1S/C18H18N4O2S/c1-24-10-13-2-3-15(25-13)18(23)22-9-6-14-16(21-11-20-14)17(22)12-4-7-19-8-5-12/h2-5,7-8,11,17H,6,9-10H2,1H3,(H,20,21). The Balaban J connectivity index is 1.70. The summed E-state index contributed by atoms with van der Waals surface area (Å²) in [6, 6.07) is 7.52. The number of thiophene rings is 1. The molecule has 1 amide bonds. The minimum atomic E-state index is -0.196. The molecule has 1 atom stereocenters. The van der Waals surface area contributed by atoms with Crippen LogP contribution in [-0.4, -0.2) is 39.4 Å². The number of fused-ring (bicyclic) bond motifs is 1. The van der Waals surface area contributed by atoms with Gasteiger partial charge in [-0.15, -0.1) is 11.3 Å². The number of imidazole rings is 1. The highest BCUT2D eigenvalue weighted by Crippen LogP contribution is 2.35. The topological polar surface area (TPSA) is 71.1 Å². The van der Waals surface area contributed by atoms with E-state index in [1.807, 2.05) is 29.2 Å². The molecule has 3 aromatic heterocycles. The van der Waals surface area contributed by atoms with Crippen molar-refractivity contribution in [1.29, 1.82) is 0 Å². The molecule has 1 unspecified atom stereocenters. The van der Waals surface area contributed by atoms with E-state index < -0.39 is 0 Å². The number of pyridine rings is 1. The fourth-order valence-electron chi connectivity index (χ4n) is 3.23. The number of rotatable bonds is 4. The molecule has 1 aliphatic rings. The predicted octanol–water partition coefficient (Wildman–Crippen LogP) is 2.80. The average Bonchev–Trinajstić information content (AvgIpc) is 3.30. The van der Waals surface area contributed by atoms with Gasteiger partial charge in [-0.3, -0.25) is 9.78 Å². The van der Waals surface area contributed by atoms with Crippen LogP contribution in [0.1, 0.15) is 37.5 Å². The lowest BCUT2D eigenvalue weighted by atomic mass is 9.96. The molecule has 0 saturated heterocycles. The summed E-state index contributed by atoms with van der Waals surface area (Å²) >= 11 is 1.48. The predicted molar refractivity (Wildman–Crippen MR) is 94.4 cm³/mol. The lowest BCUT2D eigenvalue weighted by Gasteiger charge is -2.35. The third-order valence-corrected chi connectivity index (χ3v) is 5.41. The van der Waals surface area contributed by atoms with E-state index in [-0.39, 0.29) is 11.9 Å². The number of H-pyrrole nitrogens is 1. The minimum Gasteiger partial charge on any atom is -0.379 e. The fraction of sp³-hybridized carbons (Fsp3) is 0.278. The largest absolute Gasteiger partial charge is 0.379 e. The lowest BCUT2D eigenvalue weighted by Crippen LogP contribution is -2.40. The Morgan fingerprint density at radius 1 is 1.36 bits per heavy atom. The van der Waals surface area contributed by atoms with Crippen molar-refractivity contribution in [3.05, 3.63) is 69.7 Å². The van der Waals surface area contributed by atoms with Crippen molar-refractivity contribution in [2.75, 3.05) is 13.7 Å². The SMILES string of the molecule is COCc1ccc(C(=O)N2CCc3[nH]cnc3C2c2ccncc2)s1. The van der Waals surface area contributed by atoms with Gasteiger partial charge in [0.25, 0.3) is 5.91 Å². The maximum absolute atomic E-state index is 13.2. The van der Waals surface area contributed by atoms with Crippen LogP contribution in [0, 0.1) is 0 Å². The van der Waals surface area contributed by atoms with E-state index in [1.54, 1.807) is 25.8 Å². The van der Waals surface area contributed by atoms with E-state index in [0.29, 0.717) is 13.2 Å². The van der Waals surface area contributed by atoms with Gasteiger partial charge in [0, 0.05) is 43.0 Å². The van der Waals surface area contributed by atoms with Crippen molar-refractivity contribution in [2.24, 2.45) is 0 Å². The normalized spacial score (nSPS) is 16.7. The van der Waals surface area contributed by atoms with Crippen LogP contribution in [0.2, 0.25) is 0 Å². The number of aromatic nitrogens is 3. The lowest BCUT2D eigenvalue weighted by molar-refractivity contribution is 0.0695. The third-order valence-electron chi connectivity index (χ3n) is 4.37. The molecule has 4 rings (SSSR count). The summed E-state index contributed by atoms with van der Waals surface area (Å²) in [5.41, 5.74) is 3.03. The number of hydrogen-bond acceptors (Lipinski definition) is 5. The first-order valence-corrected chi connectivity index (χ1v) is 8.90. The first kappa shape index (κ1) is 16.0. The smallest absolute Gasteiger partial charge is 0.264 e. The Hall–Kier alpha value is -2.51. The number of amides is 1. The number of methoxy groups -OCH3 is 1. The van der Waals surface area contributed by atoms with Crippen molar-refractivity contribution in [2.45, 2.75) is 19.1 Å². The number of carbonyl (C=O) groups is 1. The Morgan fingerprint density at radius 2 is 2.20 bits per heavy atom. The quantitative estimate of drug-likeness (QED) is 0.782. The maximum Gasteiger partial charge on any atom is 0.264 e. The third kappa shape index (κ3) is 2.96. The van der Waals surface area contributed by atoms with E-state index in [9.17, 15) is 4.79 Å². The molecule has 0 aliphatic carbocycles. The second-order valence-electron chi connectivity index (χ2n) is 5.90. The van der Waals surface area contributed by atoms with E-state index in [2.05, 4.69) is 15.0 Å². The van der Waals surface area contributed by atoms with Crippen molar-refractivity contribution in [3.63, 3.8) is 0 Å². The highest BCUT2D eigenvalue weighted by atomic mass is 32.1. The van der Waals surface area contributed by atoms with Crippen LogP contribution in [-0.2, 0) is 17.8 Å². The molecule has 0 radical (unpaired) electrons. The molecule has 25 heavy (non-hydrogen) atoms. The van der Waals surface area contributed by atoms with Gasteiger partial charge in [0.2, 0.25) is 0 Å². The van der Waals surface area contributed by atoms with Gasteiger partial charge < -0.3 is 14.6 Å². The van der Waals surface area contributed by atoms with Gasteiger partial charge in [-0.2, -0.15) is 0 Å². The summed E-state index contributed by atoms with van der Waals surface area (Å²) in [6.45, 7) is 1.17. The number of nitrogens with zero attached hydrogens (tertiary/aromatic N) is 3. The summed E-state index contributed by atoms with van der Waals surface area (Å²) in [5.74, 6) is 0.0304. The maximum atomic E-state index is 13.2. The van der Waals surface area contributed by atoms with E-state index in [0.717, 1.165) is 33.1 Å². The Bertz CT molecular complexity index is 874. The van der Waals surface area contributed by atoms with Crippen LogP contribution in [0.4, 0.5) is 0 Å². The van der Waals surface area contributed by atoms with Crippen molar-refractivity contribution < 1.29 is 9.53 Å². The van der Waals surface area contributed by atoms with Gasteiger partial charge in [0.15, 0.2) is 0 Å². The monoisotopic (exact) mass is 354 g/mol. The molecule has 7 heteroatoms. The molecule has 0 fully saturated rings. The van der Waals surface area contributed by atoms with E-state index in [4.69, 9.17) is 4.74 Å². The molecule has 6 nitrogen and oxygen atoms in total. The number of nitrogens with one attached hydrogen (secondary N) is 1. The van der Waals surface area contributed by atoms with Gasteiger partial charge in [-0.1, -0.05) is 0 Å². The number of carbonyl (C=O) groups excluding carboxylic acids is 1. The van der Waals surface area contributed by atoms with Gasteiger partial charge in [-0.05, 0) is 29.8 Å². The Kier molecular flexibility index (Phi) is 4.33. The average molecular weight is 354 g/mol. The molecule has 128 valence electrons. The molecule has 1 aliphatic heterocycles. The van der Waals surface area contributed by atoms with Crippen LogP contribution in [0.3, 0.4) is 0 Å². The van der Waals surface area contributed by atoms with E-state index in [1.165, 1.54) is 11.3 Å². The van der Waals surface area contributed by atoms with Gasteiger partial charge in [-0.25, -0.2) is 4.98 Å². The number of aromatic amines is 1. The Morgan fingerprint density at radius 3 is 3.00 bits per heavy atom. The van der Waals surface area contributed by atoms with Crippen LogP contribution < -0.4 is 0 Å². The van der Waals surface area contributed by atoms with Gasteiger partial charge in [0.05, 0.1) is 23.5 Å². The molecule has 3 aromatic rings. The first-order chi connectivity index (χ1) is 12.3. The van der Waals surface area contributed by atoms with E-state index >= 15 is 0 Å². The zero-order valence-corrected chi connectivity index (χ0v) is 14.6. The van der Waals surface area contributed by atoms with Crippen molar-refractivity contribution in [3.8, 4) is 0 Å². The summed E-state index contributed by atoms with van der Waals surface area (Å²) < 4.78 is 5.16. The molecular formula is C18H18N4O2S. The van der Waals surface area contributed by atoms with Crippen LogP contribution in [0.25, 0.3) is 0 Å². The molecule has 0 aromatic carbocycles. The fourth-order valence-corrected chi connectivity index (χ4v) is 4.17. The van der Waals surface area contributed by atoms with Crippen molar-refractivity contribution in [1.82, 2.24) is 19.9 Å². The minimum absolute atomic E-state index is 0.0304. The molecule has 0 bridgehead atoms. The summed E-state index contributed by atoms with van der Waals surface area (Å²) in [7, 11) is 1.66. The van der Waals surface area contributed by atoms with Crippen LogP contribution in [0.5, 0.6) is 0 Å². The summed E-state index contributed by atoms with van der Waals surface area (Å²) in [6.07, 6.45) is 5.98. The van der Waals surface area contributed by atoms with Crippen LogP contribution in [0.15, 0.2) is 43.0 Å². The first-order valence-electron chi connectivity index (χ1n) is 8.08. The van der Waals surface area contributed by atoms with Gasteiger partial charge >= 0.3 is 0 Å².